The molecule has 0 fully saturated rings. The van der Waals surface area contributed by atoms with Crippen molar-refractivity contribution in [3.63, 3.8) is 0 Å². The van der Waals surface area contributed by atoms with E-state index in [1.54, 1.807) is 4.68 Å². The molecule has 0 radical (unpaired) electrons. The zero-order valence-electron chi connectivity index (χ0n) is 9.82. The van der Waals surface area contributed by atoms with E-state index in [0.717, 1.165) is 15.7 Å². The van der Waals surface area contributed by atoms with Gasteiger partial charge in [0.25, 0.3) is 0 Å². The maximum Gasteiger partial charge on any atom is 0.145 e. The van der Waals surface area contributed by atoms with Crippen LogP contribution in [0.5, 0.6) is 0 Å². The molecule has 0 N–H and O–H groups in total. The molecule has 0 atom stereocenters. The summed E-state index contributed by atoms with van der Waals surface area (Å²) >= 11 is 9.55. The zero-order valence-corrected chi connectivity index (χ0v) is 12.2. The molecule has 0 amide bonds. The van der Waals surface area contributed by atoms with E-state index < -0.39 is 0 Å². The predicted octanol–water partition coefficient (Wildman–Crippen LogP) is 3.78. The summed E-state index contributed by atoms with van der Waals surface area (Å²) in [5.74, 6) is 0. The van der Waals surface area contributed by atoms with E-state index in [0.29, 0.717) is 23.7 Å². The van der Waals surface area contributed by atoms with Gasteiger partial charge in [0.1, 0.15) is 16.8 Å². The van der Waals surface area contributed by atoms with Gasteiger partial charge >= 0.3 is 0 Å². The number of nitriles is 1. The lowest BCUT2D eigenvalue weighted by atomic mass is 10.2. The number of hydrogen-bond acceptors (Lipinski definition) is 2. The van der Waals surface area contributed by atoms with E-state index in [-0.39, 0.29) is 0 Å². The van der Waals surface area contributed by atoms with E-state index >= 15 is 0 Å². The number of halogens is 2. The highest BCUT2D eigenvalue weighted by Crippen LogP contribution is 2.21. The predicted molar refractivity (Wildman–Crippen MR) is 74.6 cm³/mol. The molecule has 0 aliphatic carbocycles. The smallest absolute Gasteiger partial charge is 0.145 e. The van der Waals surface area contributed by atoms with Crippen LogP contribution in [-0.4, -0.2) is 9.78 Å². The maximum absolute atomic E-state index is 9.05. The number of aromatic nitrogens is 2. The normalized spacial score (nSPS) is 10.3. The maximum atomic E-state index is 9.05. The van der Waals surface area contributed by atoms with E-state index in [1.807, 2.05) is 31.2 Å². The topological polar surface area (TPSA) is 41.6 Å². The standard InChI is InChI=1S/C13H11BrClN3/c1-2-12-11(7-16)13(15)18(17-12)8-9-3-5-10(14)6-4-9/h3-6H,2,8H2,1H3. The van der Waals surface area contributed by atoms with Gasteiger partial charge in [0.05, 0.1) is 12.2 Å². The summed E-state index contributed by atoms with van der Waals surface area (Å²) in [6.07, 6.45) is 0.704. The lowest BCUT2D eigenvalue weighted by molar-refractivity contribution is 0.674. The van der Waals surface area contributed by atoms with E-state index in [4.69, 9.17) is 16.9 Å². The molecule has 0 unspecified atom stereocenters. The molecule has 1 aromatic carbocycles. The summed E-state index contributed by atoms with van der Waals surface area (Å²) < 4.78 is 2.70. The van der Waals surface area contributed by atoms with Gasteiger partial charge in [-0.05, 0) is 24.1 Å². The fourth-order valence-corrected chi connectivity index (χ4v) is 2.23. The lowest BCUT2D eigenvalue weighted by Gasteiger charge is -2.03. The molecule has 18 heavy (non-hydrogen) atoms. The van der Waals surface area contributed by atoms with Gasteiger partial charge < -0.3 is 0 Å². The Kier molecular flexibility index (Phi) is 4.05. The molecule has 0 bridgehead atoms. The van der Waals surface area contributed by atoms with E-state index in [9.17, 15) is 0 Å². The first kappa shape index (κ1) is 13.1. The highest BCUT2D eigenvalue weighted by atomic mass is 79.9. The van der Waals surface area contributed by atoms with Crippen LogP contribution in [0.3, 0.4) is 0 Å². The van der Waals surface area contributed by atoms with Crippen molar-refractivity contribution in [1.82, 2.24) is 9.78 Å². The second-order valence-corrected chi connectivity index (χ2v) is 5.14. The average Bonchev–Trinajstić information content (AvgIpc) is 2.68. The van der Waals surface area contributed by atoms with Crippen LogP contribution in [0.15, 0.2) is 28.7 Å². The van der Waals surface area contributed by atoms with Crippen LogP contribution in [-0.2, 0) is 13.0 Å². The Morgan fingerprint density at radius 2 is 2.06 bits per heavy atom. The van der Waals surface area contributed by atoms with Crippen LogP contribution in [0.1, 0.15) is 23.7 Å². The van der Waals surface area contributed by atoms with Gasteiger partial charge in [-0.15, -0.1) is 0 Å². The van der Waals surface area contributed by atoms with E-state index in [2.05, 4.69) is 27.1 Å². The van der Waals surface area contributed by atoms with Gasteiger partial charge in [-0.2, -0.15) is 10.4 Å². The second-order valence-electron chi connectivity index (χ2n) is 3.86. The third kappa shape index (κ3) is 2.58. The van der Waals surface area contributed by atoms with Crippen LogP contribution >= 0.6 is 27.5 Å². The Morgan fingerprint density at radius 1 is 1.39 bits per heavy atom. The number of nitrogens with zero attached hydrogens (tertiary/aromatic N) is 3. The molecule has 0 saturated heterocycles. The van der Waals surface area contributed by atoms with Crippen LogP contribution in [0, 0.1) is 11.3 Å². The van der Waals surface area contributed by atoms with Crippen molar-refractivity contribution < 1.29 is 0 Å². The van der Waals surface area contributed by atoms with E-state index in [1.165, 1.54) is 0 Å². The number of aryl methyl sites for hydroxylation is 1. The monoisotopic (exact) mass is 323 g/mol. The second kappa shape index (κ2) is 5.55. The van der Waals surface area contributed by atoms with Crippen molar-refractivity contribution in [2.45, 2.75) is 19.9 Å². The summed E-state index contributed by atoms with van der Waals surface area (Å²) in [5.41, 5.74) is 2.32. The molecule has 92 valence electrons. The minimum Gasteiger partial charge on any atom is -0.248 e. The van der Waals surface area contributed by atoms with Crippen LogP contribution in [0.25, 0.3) is 0 Å². The molecule has 1 aromatic heterocycles. The number of benzene rings is 1. The quantitative estimate of drug-likeness (QED) is 0.862. The number of rotatable bonds is 3. The minimum absolute atomic E-state index is 0.414. The summed E-state index contributed by atoms with van der Waals surface area (Å²) in [6, 6.07) is 10.0. The Morgan fingerprint density at radius 3 is 2.56 bits per heavy atom. The lowest BCUT2D eigenvalue weighted by Crippen LogP contribution is -2.02. The van der Waals surface area contributed by atoms with Crippen LogP contribution < -0.4 is 0 Å². The molecular formula is C13H11BrClN3. The molecule has 5 heteroatoms. The third-order valence-electron chi connectivity index (χ3n) is 2.66. The molecule has 1 heterocycles. The van der Waals surface area contributed by atoms with Crippen LogP contribution in [0.4, 0.5) is 0 Å². The first-order chi connectivity index (χ1) is 8.65. The zero-order chi connectivity index (χ0) is 13.1. The fourth-order valence-electron chi connectivity index (χ4n) is 1.71. The number of hydrogen-bond donors (Lipinski definition) is 0. The van der Waals surface area contributed by atoms with Gasteiger partial charge in [-0.3, -0.25) is 0 Å². The molecule has 2 rings (SSSR count). The SMILES string of the molecule is CCc1nn(Cc2ccc(Br)cc2)c(Cl)c1C#N. The fraction of sp³-hybridized carbons (Fsp3) is 0.231. The first-order valence-corrected chi connectivity index (χ1v) is 6.72. The Labute approximate surface area is 119 Å². The largest absolute Gasteiger partial charge is 0.248 e. The highest BCUT2D eigenvalue weighted by molar-refractivity contribution is 9.10. The molecule has 0 aliphatic heterocycles. The van der Waals surface area contributed by atoms with Crippen molar-refractivity contribution in [2.24, 2.45) is 0 Å². The summed E-state index contributed by atoms with van der Waals surface area (Å²) in [5, 5.41) is 13.8. The molecule has 0 saturated carbocycles. The van der Waals surface area contributed by atoms with Gasteiger partial charge in [-0.1, -0.05) is 46.6 Å². The average molecular weight is 325 g/mol. The molecule has 0 aliphatic rings. The third-order valence-corrected chi connectivity index (χ3v) is 3.57. The molecule has 3 nitrogen and oxygen atoms in total. The Balaban J connectivity index is 2.32. The van der Waals surface area contributed by atoms with Crippen molar-refractivity contribution in [3.05, 3.63) is 50.7 Å². The molecular weight excluding hydrogens is 314 g/mol. The van der Waals surface area contributed by atoms with Crippen molar-refractivity contribution in [3.8, 4) is 6.07 Å². The van der Waals surface area contributed by atoms with Gasteiger partial charge in [0, 0.05) is 4.47 Å². The summed E-state index contributed by atoms with van der Waals surface area (Å²) in [6.45, 7) is 2.53. The first-order valence-electron chi connectivity index (χ1n) is 5.55. The highest BCUT2D eigenvalue weighted by Gasteiger charge is 2.14. The van der Waals surface area contributed by atoms with Crippen molar-refractivity contribution in [2.75, 3.05) is 0 Å². The van der Waals surface area contributed by atoms with Gasteiger partial charge in [-0.25, -0.2) is 4.68 Å². The van der Waals surface area contributed by atoms with Crippen molar-refractivity contribution >= 4 is 27.5 Å². The van der Waals surface area contributed by atoms with Crippen LogP contribution in [0.2, 0.25) is 5.15 Å². The van der Waals surface area contributed by atoms with Crippen molar-refractivity contribution in [1.29, 1.82) is 5.26 Å². The Bertz CT molecular complexity index is 596. The summed E-state index contributed by atoms with van der Waals surface area (Å²) in [7, 11) is 0. The van der Waals surface area contributed by atoms with Gasteiger partial charge in [0.15, 0.2) is 0 Å². The molecule has 0 spiro atoms. The minimum atomic E-state index is 0.414. The summed E-state index contributed by atoms with van der Waals surface area (Å²) in [4.78, 5) is 0. The van der Waals surface area contributed by atoms with Gasteiger partial charge in [0.2, 0.25) is 0 Å². The molecule has 2 aromatic rings. The Hall–Kier alpha value is -1.31.